The summed E-state index contributed by atoms with van der Waals surface area (Å²) in [6.07, 6.45) is 0.502. The number of benzene rings is 1. The first-order chi connectivity index (χ1) is 11.0. The van der Waals surface area contributed by atoms with Crippen LogP contribution in [0.2, 0.25) is 0 Å². The number of hydrogen-bond donors (Lipinski definition) is 1. The molecule has 0 aliphatic heterocycles. The summed E-state index contributed by atoms with van der Waals surface area (Å²) in [4.78, 5) is 2.28. The third-order valence-corrected chi connectivity index (χ3v) is 3.71. The van der Waals surface area contributed by atoms with E-state index in [1.54, 1.807) is 7.11 Å². The van der Waals surface area contributed by atoms with Crippen molar-refractivity contribution in [2.75, 3.05) is 40.0 Å². The first-order valence-electron chi connectivity index (χ1n) is 8.54. The Morgan fingerprint density at radius 2 is 1.91 bits per heavy atom. The van der Waals surface area contributed by atoms with Crippen LogP contribution in [-0.4, -0.2) is 56.1 Å². The number of aryl methyl sites for hydroxylation is 1. The van der Waals surface area contributed by atoms with E-state index in [1.165, 1.54) is 11.1 Å². The first-order valence-corrected chi connectivity index (χ1v) is 8.54. The van der Waals surface area contributed by atoms with E-state index in [1.807, 2.05) is 0 Å². The van der Waals surface area contributed by atoms with Crippen LogP contribution in [0.4, 0.5) is 0 Å². The Bertz CT molecular complexity index is 423. The number of aliphatic hydroxyl groups excluding tert-OH is 1. The van der Waals surface area contributed by atoms with Gasteiger partial charge in [-0.05, 0) is 30.4 Å². The van der Waals surface area contributed by atoms with Crippen LogP contribution in [0.1, 0.15) is 31.4 Å². The molecule has 1 rings (SSSR count). The predicted molar refractivity (Wildman–Crippen MR) is 94.6 cm³/mol. The number of methoxy groups -OCH3 is 1. The quantitative estimate of drug-likeness (QED) is 0.601. The van der Waals surface area contributed by atoms with Gasteiger partial charge in [0, 0.05) is 40.0 Å². The van der Waals surface area contributed by atoms with Gasteiger partial charge in [-0.25, -0.2) is 0 Å². The Hall–Kier alpha value is -0.940. The van der Waals surface area contributed by atoms with E-state index >= 15 is 0 Å². The SMILES string of the molecule is COCCCN(Cc1ccccc1C)CC(O)COCC(C)C. The van der Waals surface area contributed by atoms with Gasteiger partial charge in [0.05, 0.1) is 12.7 Å². The summed E-state index contributed by atoms with van der Waals surface area (Å²) < 4.78 is 10.7. The third-order valence-electron chi connectivity index (χ3n) is 3.71. The summed E-state index contributed by atoms with van der Waals surface area (Å²) in [6, 6.07) is 8.41. The Balaban J connectivity index is 2.52. The molecule has 1 aromatic rings. The predicted octanol–water partition coefficient (Wildman–Crippen LogP) is 2.87. The van der Waals surface area contributed by atoms with Gasteiger partial charge < -0.3 is 14.6 Å². The number of aliphatic hydroxyl groups is 1. The topological polar surface area (TPSA) is 41.9 Å². The van der Waals surface area contributed by atoms with Gasteiger partial charge in [0.25, 0.3) is 0 Å². The lowest BCUT2D eigenvalue weighted by Crippen LogP contribution is -2.36. The van der Waals surface area contributed by atoms with Crippen molar-refractivity contribution in [1.82, 2.24) is 4.90 Å². The fourth-order valence-corrected chi connectivity index (χ4v) is 2.49. The molecular weight excluding hydrogens is 290 g/mol. The second-order valence-corrected chi connectivity index (χ2v) is 6.59. The van der Waals surface area contributed by atoms with Gasteiger partial charge >= 0.3 is 0 Å². The molecule has 1 atom stereocenters. The smallest absolute Gasteiger partial charge is 0.0900 e. The van der Waals surface area contributed by atoms with Crippen LogP contribution in [0.3, 0.4) is 0 Å². The van der Waals surface area contributed by atoms with Gasteiger partial charge in [-0.3, -0.25) is 4.90 Å². The van der Waals surface area contributed by atoms with E-state index < -0.39 is 6.10 Å². The zero-order valence-corrected chi connectivity index (χ0v) is 15.1. The second-order valence-electron chi connectivity index (χ2n) is 6.59. The molecule has 0 aromatic heterocycles. The fraction of sp³-hybridized carbons (Fsp3) is 0.684. The molecule has 0 aliphatic carbocycles. The highest BCUT2D eigenvalue weighted by atomic mass is 16.5. The van der Waals surface area contributed by atoms with Crippen molar-refractivity contribution in [3.63, 3.8) is 0 Å². The standard InChI is InChI=1S/C19H33NO3/c1-16(2)14-23-15-19(21)13-20(10-7-11-22-4)12-18-9-6-5-8-17(18)3/h5-6,8-9,16,19,21H,7,10-15H2,1-4H3. The average Bonchev–Trinajstić information content (AvgIpc) is 2.49. The van der Waals surface area contributed by atoms with Crippen LogP contribution in [0, 0.1) is 12.8 Å². The van der Waals surface area contributed by atoms with Crippen LogP contribution in [0.5, 0.6) is 0 Å². The minimum absolute atomic E-state index is 0.396. The summed E-state index contributed by atoms with van der Waals surface area (Å²) in [7, 11) is 1.72. The van der Waals surface area contributed by atoms with E-state index in [-0.39, 0.29) is 0 Å². The third kappa shape index (κ3) is 9.06. The van der Waals surface area contributed by atoms with Crippen LogP contribution in [-0.2, 0) is 16.0 Å². The molecule has 0 fully saturated rings. The maximum Gasteiger partial charge on any atom is 0.0900 e. The Labute approximate surface area is 141 Å². The number of hydrogen-bond acceptors (Lipinski definition) is 4. The Kier molecular flexibility index (Phi) is 10.1. The van der Waals surface area contributed by atoms with Crippen LogP contribution < -0.4 is 0 Å². The molecule has 0 amide bonds. The molecule has 132 valence electrons. The van der Waals surface area contributed by atoms with Gasteiger partial charge in [0.2, 0.25) is 0 Å². The van der Waals surface area contributed by atoms with Crippen LogP contribution in [0.25, 0.3) is 0 Å². The van der Waals surface area contributed by atoms with Gasteiger partial charge in [-0.1, -0.05) is 38.1 Å². The molecule has 1 N–H and O–H groups in total. The summed E-state index contributed by atoms with van der Waals surface area (Å²) in [5.41, 5.74) is 2.59. The molecule has 1 aromatic carbocycles. The average molecular weight is 323 g/mol. The Morgan fingerprint density at radius 3 is 2.57 bits per heavy atom. The molecule has 0 bridgehead atoms. The number of rotatable bonds is 12. The maximum atomic E-state index is 10.2. The minimum Gasteiger partial charge on any atom is -0.389 e. The summed E-state index contributed by atoms with van der Waals surface area (Å²) in [6.45, 7) is 10.6. The first kappa shape index (κ1) is 20.1. The zero-order valence-electron chi connectivity index (χ0n) is 15.1. The largest absolute Gasteiger partial charge is 0.389 e. The highest BCUT2D eigenvalue weighted by Gasteiger charge is 2.13. The Morgan fingerprint density at radius 1 is 1.17 bits per heavy atom. The highest BCUT2D eigenvalue weighted by molar-refractivity contribution is 5.25. The van der Waals surface area contributed by atoms with E-state index in [2.05, 4.69) is 49.9 Å². The van der Waals surface area contributed by atoms with Crippen molar-refractivity contribution in [1.29, 1.82) is 0 Å². The minimum atomic E-state index is -0.458. The molecule has 1 unspecified atom stereocenters. The molecule has 0 saturated carbocycles. The van der Waals surface area contributed by atoms with Crippen molar-refractivity contribution in [3.05, 3.63) is 35.4 Å². The van der Waals surface area contributed by atoms with Gasteiger partial charge in [-0.2, -0.15) is 0 Å². The molecule has 0 saturated heterocycles. The van der Waals surface area contributed by atoms with Gasteiger partial charge in [0.1, 0.15) is 0 Å². The lowest BCUT2D eigenvalue weighted by atomic mass is 10.1. The molecule has 0 aliphatic rings. The van der Waals surface area contributed by atoms with Crippen LogP contribution in [0.15, 0.2) is 24.3 Å². The molecule has 23 heavy (non-hydrogen) atoms. The molecule has 0 heterocycles. The summed E-state index contributed by atoms with van der Waals surface area (Å²) >= 11 is 0. The van der Waals surface area contributed by atoms with E-state index in [4.69, 9.17) is 9.47 Å². The van der Waals surface area contributed by atoms with E-state index in [0.717, 1.165) is 26.1 Å². The fourth-order valence-electron chi connectivity index (χ4n) is 2.49. The van der Waals surface area contributed by atoms with Gasteiger partial charge in [0.15, 0.2) is 0 Å². The maximum absolute atomic E-state index is 10.2. The molecule has 0 spiro atoms. The zero-order chi connectivity index (χ0) is 17.1. The number of ether oxygens (including phenoxy) is 2. The lowest BCUT2D eigenvalue weighted by molar-refractivity contribution is 0.00578. The van der Waals surface area contributed by atoms with Crippen molar-refractivity contribution in [2.45, 2.75) is 39.8 Å². The van der Waals surface area contributed by atoms with E-state index in [0.29, 0.717) is 25.7 Å². The second kappa shape index (κ2) is 11.6. The lowest BCUT2D eigenvalue weighted by Gasteiger charge is -2.26. The van der Waals surface area contributed by atoms with Crippen molar-refractivity contribution >= 4 is 0 Å². The normalized spacial score (nSPS) is 13.0. The highest BCUT2D eigenvalue weighted by Crippen LogP contribution is 2.11. The summed E-state index contributed by atoms with van der Waals surface area (Å²) in [5.74, 6) is 0.493. The molecule has 4 nitrogen and oxygen atoms in total. The molecule has 0 radical (unpaired) electrons. The van der Waals surface area contributed by atoms with Crippen molar-refractivity contribution in [2.24, 2.45) is 5.92 Å². The summed E-state index contributed by atoms with van der Waals surface area (Å²) in [5, 5.41) is 10.2. The molecule has 4 heteroatoms. The van der Waals surface area contributed by atoms with Gasteiger partial charge in [-0.15, -0.1) is 0 Å². The van der Waals surface area contributed by atoms with Crippen molar-refractivity contribution in [3.8, 4) is 0 Å². The van der Waals surface area contributed by atoms with E-state index in [9.17, 15) is 5.11 Å². The van der Waals surface area contributed by atoms with Crippen molar-refractivity contribution < 1.29 is 14.6 Å². The monoisotopic (exact) mass is 323 g/mol. The number of nitrogens with zero attached hydrogens (tertiary/aromatic N) is 1. The van der Waals surface area contributed by atoms with Crippen LogP contribution >= 0.6 is 0 Å². The molecular formula is C19H33NO3.